The number of hydrogen-bond acceptors (Lipinski definition) is 7. The fourth-order valence-corrected chi connectivity index (χ4v) is 3.56. The lowest BCUT2D eigenvalue weighted by molar-refractivity contribution is -0.134. The summed E-state index contributed by atoms with van der Waals surface area (Å²) in [6.45, 7) is 6.16. The highest BCUT2D eigenvalue weighted by Crippen LogP contribution is 2.34. The largest absolute Gasteiger partial charge is 0.484 e. The molecule has 1 aliphatic heterocycles. The number of piperidine rings is 1. The second kappa shape index (κ2) is 11.0. The van der Waals surface area contributed by atoms with Crippen LogP contribution in [0.4, 0.5) is 4.79 Å². The Morgan fingerprint density at radius 1 is 1.15 bits per heavy atom. The summed E-state index contributed by atoms with van der Waals surface area (Å²) < 4.78 is 16.3. The van der Waals surface area contributed by atoms with Gasteiger partial charge in [-0.15, -0.1) is 0 Å². The first-order valence-electron chi connectivity index (χ1n) is 11.3. The summed E-state index contributed by atoms with van der Waals surface area (Å²) in [7, 11) is 0. The molecule has 0 bridgehead atoms. The predicted molar refractivity (Wildman–Crippen MR) is 123 cm³/mol. The molecule has 10 heteroatoms. The van der Waals surface area contributed by atoms with Crippen molar-refractivity contribution in [3.8, 4) is 5.75 Å². The zero-order valence-electron chi connectivity index (χ0n) is 19.7. The van der Waals surface area contributed by atoms with Crippen LogP contribution in [-0.4, -0.2) is 49.1 Å². The predicted octanol–water partition coefficient (Wildman–Crippen LogP) is 2.75. The molecule has 0 radical (unpaired) electrons. The van der Waals surface area contributed by atoms with E-state index in [4.69, 9.17) is 13.9 Å². The van der Waals surface area contributed by atoms with Crippen LogP contribution in [0.3, 0.4) is 0 Å². The van der Waals surface area contributed by atoms with Crippen LogP contribution in [0.1, 0.15) is 57.9 Å². The van der Waals surface area contributed by atoms with E-state index in [1.54, 1.807) is 39.0 Å². The second-order valence-electron chi connectivity index (χ2n) is 9.13. The number of amides is 4. The van der Waals surface area contributed by atoms with Crippen molar-refractivity contribution in [1.29, 1.82) is 0 Å². The van der Waals surface area contributed by atoms with Crippen LogP contribution in [0.5, 0.6) is 5.75 Å². The quantitative estimate of drug-likeness (QED) is 0.376. The van der Waals surface area contributed by atoms with Gasteiger partial charge < -0.3 is 24.5 Å². The third-order valence-electron chi connectivity index (χ3n) is 5.15. The summed E-state index contributed by atoms with van der Waals surface area (Å²) in [5, 5.41) is 8.51. The molecule has 10 nitrogen and oxygen atoms in total. The summed E-state index contributed by atoms with van der Waals surface area (Å²) in [6.07, 6.45) is 3.15. The van der Waals surface area contributed by atoms with Crippen LogP contribution in [-0.2, 0) is 19.1 Å². The third-order valence-corrected chi connectivity index (χ3v) is 5.15. The highest BCUT2D eigenvalue weighted by atomic mass is 16.6. The van der Waals surface area contributed by atoms with Crippen molar-refractivity contribution >= 4 is 34.8 Å². The Bertz CT molecular complexity index is 1050. The van der Waals surface area contributed by atoms with Gasteiger partial charge in [0.15, 0.2) is 6.61 Å². The minimum absolute atomic E-state index is 0.159. The Hall–Kier alpha value is -3.56. The van der Waals surface area contributed by atoms with E-state index in [0.29, 0.717) is 54.6 Å². The number of fused-ring (bicyclic) bond motifs is 1. The zero-order chi connectivity index (χ0) is 24.7. The fraction of sp³-hybridized carbons (Fsp3) is 0.500. The zero-order valence-corrected chi connectivity index (χ0v) is 19.7. The van der Waals surface area contributed by atoms with Crippen molar-refractivity contribution in [3.63, 3.8) is 0 Å². The smallest absolute Gasteiger partial charge is 0.407 e. The number of carbonyl (C=O) groups is 4. The lowest BCUT2D eigenvalue weighted by Gasteiger charge is -2.19. The highest BCUT2D eigenvalue weighted by Gasteiger charge is 2.30. The number of rotatable bonds is 9. The molecule has 2 heterocycles. The van der Waals surface area contributed by atoms with Crippen molar-refractivity contribution in [2.45, 2.75) is 58.0 Å². The van der Waals surface area contributed by atoms with Gasteiger partial charge in [0.05, 0.1) is 12.2 Å². The first-order valence-corrected chi connectivity index (χ1v) is 11.3. The van der Waals surface area contributed by atoms with Crippen LogP contribution in [0.2, 0.25) is 0 Å². The molecule has 184 valence electrons. The number of benzene rings is 1. The van der Waals surface area contributed by atoms with Crippen molar-refractivity contribution in [1.82, 2.24) is 16.0 Å². The molecule has 1 saturated heterocycles. The van der Waals surface area contributed by atoms with Gasteiger partial charge in [-0.1, -0.05) is 0 Å². The summed E-state index contributed by atoms with van der Waals surface area (Å²) in [4.78, 5) is 47.3. The van der Waals surface area contributed by atoms with Crippen LogP contribution >= 0.6 is 0 Å². The molecule has 1 aromatic heterocycles. The maximum absolute atomic E-state index is 12.2. The molecule has 4 amide bonds. The van der Waals surface area contributed by atoms with Crippen molar-refractivity contribution in [2.24, 2.45) is 0 Å². The number of unbranched alkanes of at least 4 members (excludes halogenated alkanes) is 1. The molecule has 34 heavy (non-hydrogen) atoms. The average Bonchev–Trinajstić information content (AvgIpc) is 3.16. The number of furan rings is 1. The van der Waals surface area contributed by atoms with Crippen LogP contribution < -0.4 is 20.7 Å². The van der Waals surface area contributed by atoms with E-state index in [1.807, 2.05) is 0 Å². The fourth-order valence-electron chi connectivity index (χ4n) is 3.56. The SMILES string of the molecule is CC(C)(C)OC(=O)NCCCCNC(=O)COc1ccc2occ(C3CCC(=O)NC3=O)c2c1. The van der Waals surface area contributed by atoms with Gasteiger partial charge in [0.1, 0.15) is 16.9 Å². The Morgan fingerprint density at radius 2 is 1.88 bits per heavy atom. The molecule has 0 aliphatic carbocycles. The lowest BCUT2D eigenvalue weighted by Crippen LogP contribution is -2.39. The molecule has 0 saturated carbocycles. The van der Waals surface area contributed by atoms with Gasteiger partial charge in [-0.25, -0.2) is 4.79 Å². The van der Waals surface area contributed by atoms with Gasteiger partial charge >= 0.3 is 6.09 Å². The van der Waals surface area contributed by atoms with E-state index in [2.05, 4.69) is 16.0 Å². The molecular formula is C24H31N3O7. The Kier molecular flexibility index (Phi) is 8.14. The summed E-state index contributed by atoms with van der Waals surface area (Å²) in [6, 6.07) is 5.14. The number of hydrogen-bond donors (Lipinski definition) is 3. The molecule has 1 atom stereocenters. The van der Waals surface area contributed by atoms with Gasteiger partial charge in [0, 0.05) is 30.5 Å². The Balaban J connectivity index is 1.41. The summed E-state index contributed by atoms with van der Waals surface area (Å²) >= 11 is 0. The monoisotopic (exact) mass is 473 g/mol. The summed E-state index contributed by atoms with van der Waals surface area (Å²) in [5.74, 6) is -0.881. The number of imide groups is 1. The number of nitrogens with one attached hydrogen (secondary N) is 3. The maximum atomic E-state index is 12.2. The van der Waals surface area contributed by atoms with Gasteiger partial charge in [-0.05, 0) is 58.2 Å². The summed E-state index contributed by atoms with van der Waals surface area (Å²) in [5.41, 5.74) is 0.749. The molecule has 1 unspecified atom stereocenters. The van der Waals surface area contributed by atoms with Crippen LogP contribution in [0.15, 0.2) is 28.9 Å². The van der Waals surface area contributed by atoms with E-state index >= 15 is 0 Å². The number of alkyl carbamates (subject to hydrolysis) is 1. The lowest BCUT2D eigenvalue weighted by atomic mass is 9.90. The minimum Gasteiger partial charge on any atom is -0.484 e. The highest BCUT2D eigenvalue weighted by molar-refractivity contribution is 6.02. The second-order valence-corrected chi connectivity index (χ2v) is 9.13. The minimum atomic E-state index is -0.535. The average molecular weight is 474 g/mol. The first-order chi connectivity index (χ1) is 16.1. The van der Waals surface area contributed by atoms with Gasteiger partial charge in [0.25, 0.3) is 5.91 Å². The van der Waals surface area contributed by atoms with Gasteiger partial charge in [0.2, 0.25) is 11.8 Å². The van der Waals surface area contributed by atoms with Gasteiger partial charge in [-0.2, -0.15) is 0 Å². The normalized spacial score (nSPS) is 16.1. The van der Waals surface area contributed by atoms with Crippen LogP contribution in [0.25, 0.3) is 11.0 Å². The molecule has 0 spiro atoms. The molecular weight excluding hydrogens is 442 g/mol. The Morgan fingerprint density at radius 3 is 2.59 bits per heavy atom. The topological polar surface area (TPSA) is 136 Å². The van der Waals surface area contributed by atoms with Crippen molar-refractivity contribution in [2.75, 3.05) is 19.7 Å². The molecule has 1 fully saturated rings. The molecule has 1 aliphatic rings. The van der Waals surface area contributed by atoms with Crippen LogP contribution in [0, 0.1) is 0 Å². The first kappa shape index (κ1) is 25.1. The molecule has 3 N–H and O–H groups in total. The van der Waals surface area contributed by atoms with E-state index in [0.717, 1.165) is 0 Å². The number of carbonyl (C=O) groups excluding carboxylic acids is 4. The molecule has 2 aromatic rings. The third kappa shape index (κ3) is 7.23. The maximum Gasteiger partial charge on any atom is 0.407 e. The van der Waals surface area contributed by atoms with E-state index in [9.17, 15) is 19.2 Å². The molecule has 3 rings (SSSR count). The van der Waals surface area contributed by atoms with E-state index in [1.165, 1.54) is 6.26 Å². The van der Waals surface area contributed by atoms with Crippen molar-refractivity contribution in [3.05, 3.63) is 30.0 Å². The number of ether oxygens (including phenoxy) is 2. The van der Waals surface area contributed by atoms with E-state index < -0.39 is 17.6 Å². The standard InChI is InChI=1S/C24H31N3O7/c1-24(2,3)34-23(31)26-11-5-4-10-25-21(29)14-32-15-6-8-19-17(12-15)18(13-33-19)16-7-9-20(28)27-22(16)30/h6,8,12-13,16H,4-5,7,9-11,14H2,1-3H3,(H,25,29)(H,26,31)(H,27,28,30). The van der Waals surface area contributed by atoms with Crippen molar-refractivity contribution < 1.29 is 33.1 Å². The molecule has 1 aromatic carbocycles. The Labute approximate surface area is 197 Å². The van der Waals surface area contributed by atoms with E-state index in [-0.39, 0.29) is 30.7 Å². The van der Waals surface area contributed by atoms with Gasteiger partial charge in [-0.3, -0.25) is 19.7 Å².